The molecular formula is C12H7BrN4O2. The van der Waals surface area contributed by atoms with Gasteiger partial charge in [0, 0.05) is 6.20 Å². The Bertz CT molecular complexity index is 682. The van der Waals surface area contributed by atoms with Crippen molar-refractivity contribution in [2.45, 2.75) is 0 Å². The number of pyridine rings is 2. The van der Waals surface area contributed by atoms with Crippen molar-refractivity contribution in [1.29, 1.82) is 0 Å². The highest BCUT2D eigenvalue weighted by atomic mass is 79.9. The van der Waals surface area contributed by atoms with Gasteiger partial charge in [-0.05, 0) is 34.1 Å². The van der Waals surface area contributed by atoms with Crippen LogP contribution in [-0.4, -0.2) is 21.8 Å². The van der Waals surface area contributed by atoms with Crippen LogP contribution in [0.3, 0.4) is 0 Å². The number of anilines is 2. The Balaban J connectivity index is 2.14. The summed E-state index contributed by atoms with van der Waals surface area (Å²) in [6.45, 7) is 0. The average molecular weight is 319 g/mol. The Labute approximate surface area is 116 Å². The summed E-state index contributed by atoms with van der Waals surface area (Å²) < 4.78 is 0.474. The molecule has 0 fully saturated rings. The van der Waals surface area contributed by atoms with Gasteiger partial charge < -0.3 is 5.73 Å². The second-order valence-electron chi connectivity index (χ2n) is 3.92. The van der Waals surface area contributed by atoms with Gasteiger partial charge in [-0.3, -0.25) is 14.6 Å². The number of imide groups is 1. The smallest absolute Gasteiger partial charge is 0.286 e. The molecule has 0 bridgehead atoms. The van der Waals surface area contributed by atoms with E-state index in [9.17, 15) is 9.59 Å². The third-order valence-electron chi connectivity index (χ3n) is 2.70. The van der Waals surface area contributed by atoms with Crippen LogP contribution in [0.4, 0.5) is 11.5 Å². The van der Waals surface area contributed by atoms with Crippen LogP contribution in [0.15, 0.2) is 35.1 Å². The third-order valence-corrected chi connectivity index (χ3v) is 3.29. The molecule has 7 heteroatoms. The van der Waals surface area contributed by atoms with Crippen molar-refractivity contribution in [3.8, 4) is 0 Å². The first kappa shape index (κ1) is 11.8. The Morgan fingerprint density at radius 3 is 2.68 bits per heavy atom. The topological polar surface area (TPSA) is 89.2 Å². The van der Waals surface area contributed by atoms with Crippen LogP contribution in [0.5, 0.6) is 0 Å². The standard InChI is InChI=1S/C12H7BrN4O2/c13-8-4-6(14)5-16-10(8)17-11(18)7-2-1-3-15-9(7)12(17)19/h1-5H,14H2. The highest BCUT2D eigenvalue weighted by Gasteiger charge is 2.39. The van der Waals surface area contributed by atoms with E-state index in [2.05, 4.69) is 25.9 Å². The zero-order valence-corrected chi connectivity index (χ0v) is 11.1. The molecule has 2 aromatic rings. The Hall–Kier alpha value is -2.28. The normalized spacial score (nSPS) is 13.8. The summed E-state index contributed by atoms with van der Waals surface area (Å²) in [4.78, 5) is 33.4. The lowest BCUT2D eigenvalue weighted by molar-refractivity contribution is 0.0923. The number of halogens is 1. The number of nitrogens with zero attached hydrogens (tertiary/aromatic N) is 3. The minimum absolute atomic E-state index is 0.137. The second-order valence-corrected chi connectivity index (χ2v) is 4.77. The fourth-order valence-corrected chi connectivity index (χ4v) is 2.41. The monoisotopic (exact) mass is 318 g/mol. The van der Waals surface area contributed by atoms with Crippen LogP contribution in [0.25, 0.3) is 0 Å². The average Bonchev–Trinajstić information content (AvgIpc) is 2.64. The maximum absolute atomic E-state index is 12.2. The molecule has 1 aliphatic rings. The first-order valence-corrected chi connectivity index (χ1v) is 6.13. The molecular weight excluding hydrogens is 312 g/mol. The van der Waals surface area contributed by atoms with Gasteiger partial charge in [0.05, 0.1) is 21.9 Å². The summed E-state index contributed by atoms with van der Waals surface area (Å²) in [5, 5.41) is 0. The molecule has 0 unspecified atom stereocenters. The number of amides is 2. The van der Waals surface area contributed by atoms with Crippen molar-refractivity contribution in [3.05, 3.63) is 46.3 Å². The maximum Gasteiger partial charge on any atom is 0.286 e. The molecule has 94 valence electrons. The van der Waals surface area contributed by atoms with Gasteiger partial charge in [-0.2, -0.15) is 0 Å². The molecule has 0 saturated heterocycles. The molecule has 3 rings (SSSR count). The van der Waals surface area contributed by atoms with Crippen LogP contribution in [-0.2, 0) is 0 Å². The number of nitrogens with two attached hydrogens (primary N) is 1. The molecule has 1 aliphatic heterocycles. The van der Waals surface area contributed by atoms with E-state index in [4.69, 9.17) is 5.73 Å². The molecule has 3 heterocycles. The molecule has 0 aliphatic carbocycles. The van der Waals surface area contributed by atoms with Gasteiger partial charge in [-0.1, -0.05) is 0 Å². The molecule has 6 nitrogen and oxygen atoms in total. The van der Waals surface area contributed by atoms with Crippen molar-refractivity contribution in [2.24, 2.45) is 0 Å². The van der Waals surface area contributed by atoms with Gasteiger partial charge in [0.25, 0.3) is 11.8 Å². The van der Waals surface area contributed by atoms with Crippen LogP contribution in [0, 0.1) is 0 Å². The number of nitrogen functional groups attached to an aromatic ring is 1. The van der Waals surface area contributed by atoms with E-state index < -0.39 is 11.8 Å². The van der Waals surface area contributed by atoms with E-state index in [1.165, 1.54) is 12.4 Å². The largest absolute Gasteiger partial charge is 0.397 e. The molecule has 19 heavy (non-hydrogen) atoms. The van der Waals surface area contributed by atoms with Crippen LogP contribution in [0.2, 0.25) is 0 Å². The summed E-state index contributed by atoms with van der Waals surface area (Å²) in [7, 11) is 0. The van der Waals surface area contributed by atoms with E-state index in [1.54, 1.807) is 18.2 Å². The number of hydrogen-bond donors (Lipinski definition) is 1. The molecule has 0 atom stereocenters. The van der Waals surface area contributed by atoms with Crippen molar-refractivity contribution >= 4 is 39.2 Å². The molecule has 0 saturated carbocycles. The molecule has 0 aromatic carbocycles. The number of hydrogen-bond acceptors (Lipinski definition) is 5. The molecule has 2 amide bonds. The number of carbonyl (C=O) groups excluding carboxylic acids is 2. The predicted molar refractivity (Wildman–Crippen MR) is 71.7 cm³/mol. The lowest BCUT2D eigenvalue weighted by Gasteiger charge is -2.14. The highest BCUT2D eigenvalue weighted by Crippen LogP contribution is 2.31. The fraction of sp³-hybridized carbons (Fsp3) is 0. The fourth-order valence-electron chi connectivity index (χ4n) is 1.87. The minimum Gasteiger partial charge on any atom is -0.397 e. The number of fused-ring (bicyclic) bond motifs is 1. The van der Waals surface area contributed by atoms with Gasteiger partial charge in [-0.25, -0.2) is 9.88 Å². The van der Waals surface area contributed by atoms with Gasteiger partial charge >= 0.3 is 0 Å². The molecule has 2 N–H and O–H groups in total. The summed E-state index contributed by atoms with van der Waals surface area (Å²) >= 11 is 3.25. The van der Waals surface area contributed by atoms with E-state index in [1.807, 2.05) is 0 Å². The first-order valence-electron chi connectivity index (χ1n) is 5.34. The number of carbonyl (C=O) groups is 2. The summed E-state index contributed by atoms with van der Waals surface area (Å²) in [6.07, 6.45) is 2.86. The molecule has 0 spiro atoms. The SMILES string of the molecule is Nc1cnc(N2C(=O)c3cccnc3C2=O)c(Br)c1. The van der Waals surface area contributed by atoms with E-state index in [0.717, 1.165) is 4.90 Å². The Morgan fingerprint density at radius 1 is 1.21 bits per heavy atom. The van der Waals surface area contributed by atoms with E-state index >= 15 is 0 Å². The van der Waals surface area contributed by atoms with Crippen molar-refractivity contribution in [2.75, 3.05) is 10.6 Å². The Morgan fingerprint density at radius 2 is 2.00 bits per heavy atom. The molecule has 0 radical (unpaired) electrons. The quantitative estimate of drug-likeness (QED) is 0.807. The van der Waals surface area contributed by atoms with Crippen LogP contribution >= 0.6 is 15.9 Å². The van der Waals surface area contributed by atoms with Crippen molar-refractivity contribution < 1.29 is 9.59 Å². The van der Waals surface area contributed by atoms with Gasteiger partial charge in [0.1, 0.15) is 5.69 Å². The number of aromatic nitrogens is 2. The van der Waals surface area contributed by atoms with Crippen molar-refractivity contribution in [1.82, 2.24) is 9.97 Å². The number of rotatable bonds is 1. The summed E-state index contributed by atoms with van der Waals surface area (Å²) in [6, 6.07) is 4.76. The van der Waals surface area contributed by atoms with Gasteiger partial charge in [0.2, 0.25) is 0 Å². The lowest BCUT2D eigenvalue weighted by Crippen LogP contribution is -2.30. The lowest BCUT2D eigenvalue weighted by atomic mass is 10.2. The maximum atomic E-state index is 12.2. The molecule has 2 aromatic heterocycles. The minimum atomic E-state index is -0.487. The third kappa shape index (κ3) is 1.70. The summed E-state index contributed by atoms with van der Waals surface area (Å²) in [5.41, 5.74) is 6.43. The highest BCUT2D eigenvalue weighted by molar-refractivity contribution is 9.10. The summed E-state index contributed by atoms with van der Waals surface area (Å²) in [5.74, 6) is -0.716. The zero-order chi connectivity index (χ0) is 13.6. The van der Waals surface area contributed by atoms with Crippen LogP contribution in [0.1, 0.15) is 20.8 Å². The van der Waals surface area contributed by atoms with E-state index in [-0.39, 0.29) is 17.1 Å². The second kappa shape index (κ2) is 4.13. The van der Waals surface area contributed by atoms with Gasteiger partial charge in [0.15, 0.2) is 5.82 Å². The first-order chi connectivity index (χ1) is 9.09. The predicted octanol–water partition coefficient (Wildman–Crippen LogP) is 1.62. The van der Waals surface area contributed by atoms with Crippen LogP contribution < -0.4 is 10.6 Å². The van der Waals surface area contributed by atoms with Crippen molar-refractivity contribution in [3.63, 3.8) is 0 Å². The zero-order valence-electron chi connectivity index (χ0n) is 9.50. The van der Waals surface area contributed by atoms with E-state index in [0.29, 0.717) is 10.2 Å². The van der Waals surface area contributed by atoms with Gasteiger partial charge in [-0.15, -0.1) is 0 Å². The Kier molecular flexibility index (Phi) is 2.56.